The van der Waals surface area contributed by atoms with Crippen molar-refractivity contribution in [2.24, 2.45) is 0 Å². The fraction of sp³-hybridized carbons (Fsp3) is 0.467. The molecule has 6 heteroatoms. The average Bonchev–Trinajstić information content (AvgIpc) is 3.31. The first-order chi connectivity index (χ1) is 10.1. The Morgan fingerprint density at radius 2 is 1.90 bits per heavy atom. The summed E-state index contributed by atoms with van der Waals surface area (Å²) < 4.78 is 9.89. The molecule has 0 aromatic carbocycles. The van der Waals surface area contributed by atoms with Crippen molar-refractivity contribution < 1.29 is 19.1 Å². The molecule has 1 aliphatic rings. The first-order valence-electron chi connectivity index (χ1n) is 6.91. The lowest BCUT2D eigenvalue weighted by atomic mass is 10.0. The smallest absolute Gasteiger partial charge is 0.358 e. The summed E-state index contributed by atoms with van der Waals surface area (Å²) in [6.07, 6.45) is 1.82. The monoisotopic (exact) mass is 288 g/mol. The molecule has 0 saturated heterocycles. The van der Waals surface area contributed by atoms with Crippen LogP contribution in [0.5, 0.6) is 0 Å². The van der Waals surface area contributed by atoms with E-state index in [1.54, 1.807) is 13.8 Å². The molecule has 2 rings (SSSR count). The second-order valence-electron chi connectivity index (χ2n) is 4.64. The molecule has 1 aromatic rings. The number of nitrogens with zero attached hydrogens (tertiary/aromatic N) is 2. The van der Waals surface area contributed by atoms with E-state index in [1.807, 2.05) is 6.07 Å². The zero-order chi connectivity index (χ0) is 15.4. The quantitative estimate of drug-likeness (QED) is 0.771. The van der Waals surface area contributed by atoms with Crippen LogP contribution in [-0.2, 0) is 9.47 Å². The molecule has 0 aliphatic heterocycles. The standard InChI is InChI=1S/C15H16N2O4/c1-3-20-14(18)11-7-10(8-16)13(15(19)21-4-2)17-12(11)9-5-6-9/h7,9H,3-6H2,1-2H3. The summed E-state index contributed by atoms with van der Waals surface area (Å²) in [6.45, 7) is 3.83. The lowest BCUT2D eigenvalue weighted by Gasteiger charge is -2.11. The van der Waals surface area contributed by atoms with Gasteiger partial charge in [0, 0.05) is 5.92 Å². The maximum Gasteiger partial charge on any atom is 0.358 e. The number of hydrogen-bond donors (Lipinski definition) is 0. The SMILES string of the molecule is CCOC(=O)c1cc(C#N)c(C(=O)OCC)nc1C1CC1. The van der Waals surface area contributed by atoms with E-state index in [1.165, 1.54) is 6.07 Å². The van der Waals surface area contributed by atoms with Crippen molar-refractivity contribution in [3.05, 3.63) is 28.6 Å². The number of esters is 2. The number of pyridine rings is 1. The lowest BCUT2D eigenvalue weighted by Crippen LogP contribution is -2.16. The number of carbonyl (C=O) groups excluding carboxylic acids is 2. The summed E-state index contributed by atoms with van der Waals surface area (Å²) >= 11 is 0. The summed E-state index contributed by atoms with van der Waals surface area (Å²) in [7, 11) is 0. The maximum absolute atomic E-state index is 12.0. The zero-order valence-electron chi connectivity index (χ0n) is 12.0. The molecule has 0 spiro atoms. The molecule has 1 heterocycles. The van der Waals surface area contributed by atoms with Gasteiger partial charge in [-0.15, -0.1) is 0 Å². The van der Waals surface area contributed by atoms with Crippen LogP contribution >= 0.6 is 0 Å². The van der Waals surface area contributed by atoms with E-state index >= 15 is 0 Å². The van der Waals surface area contributed by atoms with Crippen LogP contribution in [0, 0.1) is 11.3 Å². The molecule has 6 nitrogen and oxygen atoms in total. The molecule has 0 N–H and O–H groups in total. The minimum Gasteiger partial charge on any atom is -0.462 e. The van der Waals surface area contributed by atoms with Gasteiger partial charge in [-0.2, -0.15) is 5.26 Å². The largest absolute Gasteiger partial charge is 0.462 e. The van der Waals surface area contributed by atoms with Crippen LogP contribution in [0.1, 0.15) is 64.7 Å². The van der Waals surface area contributed by atoms with Crippen LogP contribution in [0.2, 0.25) is 0 Å². The molecule has 0 atom stereocenters. The van der Waals surface area contributed by atoms with Gasteiger partial charge in [0.25, 0.3) is 0 Å². The van der Waals surface area contributed by atoms with Gasteiger partial charge in [0.2, 0.25) is 0 Å². The molecule has 0 bridgehead atoms. The second-order valence-corrected chi connectivity index (χ2v) is 4.64. The van der Waals surface area contributed by atoms with Gasteiger partial charge in [0.05, 0.1) is 30.0 Å². The van der Waals surface area contributed by atoms with Crippen molar-refractivity contribution in [3.8, 4) is 6.07 Å². The van der Waals surface area contributed by atoms with Gasteiger partial charge < -0.3 is 9.47 Å². The van der Waals surface area contributed by atoms with Gasteiger partial charge >= 0.3 is 11.9 Å². The molecule has 0 radical (unpaired) electrons. The molecule has 1 saturated carbocycles. The van der Waals surface area contributed by atoms with Crippen LogP contribution < -0.4 is 0 Å². The van der Waals surface area contributed by atoms with Crippen LogP contribution in [-0.4, -0.2) is 30.1 Å². The Hall–Kier alpha value is -2.42. The van der Waals surface area contributed by atoms with Crippen molar-refractivity contribution >= 4 is 11.9 Å². The first-order valence-corrected chi connectivity index (χ1v) is 6.91. The van der Waals surface area contributed by atoms with E-state index in [0.29, 0.717) is 5.69 Å². The molecular formula is C15H16N2O4. The zero-order valence-corrected chi connectivity index (χ0v) is 12.0. The van der Waals surface area contributed by atoms with Crippen LogP contribution in [0.25, 0.3) is 0 Å². The Morgan fingerprint density at radius 1 is 1.29 bits per heavy atom. The summed E-state index contributed by atoms with van der Waals surface area (Å²) in [6, 6.07) is 3.27. The second kappa shape index (κ2) is 6.35. The summed E-state index contributed by atoms with van der Waals surface area (Å²) in [5.74, 6) is -1.02. The van der Waals surface area contributed by atoms with Crippen molar-refractivity contribution in [1.29, 1.82) is 5.26 Å². The molecule has 110 valence electrons. The van der Waals surface area contributed by atoms with E-state index < -0.39 is 11.9 Å². The number of hydrogen-bond acceptors (Lipinski definition) is 6. The molecular weight excluding hydrogens is 272 g/mol. The van der Waals surface area contributed by atoms with E-state index in [9.17, 15) is 9.59 Å². The number of aromatic nitrogens is 1. The van der Waals surface area contributed by atoms with Crippen molar-refractivity contribution in [1.82, 2.24) is 4.98 Å². The third-order valence-corrected chi connectivity index (χ3v) is 3.10. The van der Waals surface area contributed by atoms with Gasteiger partial charge in [-0.05, 0) is 32.8 Å². The lowest BCUT2D eigenvalue weighted by molar-refractivity contribution is 0.0504. The number of nitriles is 1. The van der Waals surface area contributed by atoms with Gasteiger partial charge in [-0.1, -0.05) is 0 Å². The van der Waals surface area contributed by atoms with E-state index in [4.69, 9.17) is 14.7 Å². The highest BCUT2D eigenvalue weighted by Gasteiger charge is 2.32. The Kier molecular flexibility index (Phi) is 4.53. The van der Waals surface area contributed by atoms with E-state index in [2.05, 4.69) is 4.98 Å². The van der Waals surface area contributed by atoms with E-state index in [-0.39, 0.29) is 36.0 Å². The third kappa shape index (κ3) is 3.19. The number of ether oxygens (including phenoxy) is 2. The average molecular weight is 288 g/mol. The fourth-order valence-electron chi connectivity index (χ4n) is 2.01. The molecule has 0 unspecified atom stereocenters. The van der Waals surface area contributed by atoms with Crippen LogP contribution in [0.15, 0.2) is 6.07 Å². The normalized spacial score (nSPS) is 13.4. The highest BCUT2D eigenvalue weighted by molar-refractivity contribution is 5.95. The summed E-state index contributed by atoms with van der Waals surface area (Å²) in [4.78, 5) is 28.1. The minimum absolute atomic E-state index is 0.0286. The van der Waals surface area contributed by atoms with Crippen molar-refractivity contribution in [2.75, 3.05) is 13.2 Å². The molecule has 0 amide bonds. The molecule has 1 aliphatic carbocycles. The number of rotatable bonds is 5. The summed E-state index contributed by atoms with van der Waals surface area (Å²) in [5.41, 5.74) is 0.787. The third-order valence-electron chi connectivity index (χ3n) is 3.10. The predicted molar refractivity (Wildman–Crippen MR) is 72.8 cm³/mol. The minimum atomic E-state index is -0.647. The van der Waals surface area contributed by atoms with Crippen molar-refractivity contribution in [2.45, 2.75) is 32.6 Å². The van der Waals surface area contributed by atoms with Crippen LogP contribution in [0.3, 0.4) is 0 Å². The maximum atomic E-state index is 12.0. The Morgan fingerprint density at radius 3 is 2.43 bits per heavy atom. The Labute approximate surface area is 122 Å². The van der Waals surface area contributed by atoms with Gasteiger partial charge in [0.1, 0.15) is 6.07 Å². The highest BCUT2D eigenvalue weighted by atomic mass is 16.5. The fourth-order valence-corrected chi connectivity index (χ4v) is 2.01. The van der Waals surface area contributed by atoms with Gasteiger partial charge in [0.15, 0.2) is 5.69 Å². The highest BCUT2D eigenvalue weighted by Crippen LogP contribution is 2.41. The van der Waals surface area contributed by atoms with Crippen LogP contribution in [0.4, 0.5) is 0 Å². The first kappa shape index (κ1) is 15.0. The Balaban J connectivity index is 2.50. The molecule has 1 aromatic heterocycles. The van der Waals surface area contributed by atoms with Crippen molar-refractivity contribution in [3.63, 3.8) is 0 Å². The van der Waals surface area contributed by atoms with Gasteiger partial charge in [-0.25, -0.2) is 14.6 Å². The molecule has 1 fully saturated rings. The van der Waals surface area contributed by atoms with E-state index in [0.717, 1.165) is 12.8 Å². The summed E-state index contributed by atoms with van der Waals surface area (Å²) in [5, 5.41) is 9.17. The number of carbonyl (C=O) groups is 2. The van der Waals surface area contributed by atoms with Gasteiger partial charge in [-0.3, -0.25) is 0 Å². The predicted octanol–water partition coefficient (Wildman–Crippen LogP) is 2.18. The Bertz CT molecular complexity index is 615. The topological polar surface area (TPSA) is 89.3 Å². The molecule has 21 heavy (non-hydrogen) atoms.